The average Bonchev–Trinajstić information content (AvgIpc) is 2.92. The van der Waals surface area contributed by atoms with E-state index in [1.54, 1.807) is 0 Å². The van der Waals surface area contributed by atoms with Gasteiger partial charge in [-0.25, -0.2) is 0 Å². The quantitative estimate of drug-likeness (QED) is 0.714. The molecule has 1 aliphatic carbocycles. The average molecular weight is 193 g/mol. The number of hydrogen-bond acceptors (Lipinski definition) is 3. The van der Waals surface area contributed by atoms with Crippen molar-refractivity contribution >= 4 is 0 Å². The Kier molecular flexibility index (Phi) is 3.05. The van der Waals surface area contributed by atoms with Gasteiger partial charge in [0.1, 0.15) is 0 Å². The Hall–Kier alpha value is -0.590. The van der Waals surface area contributed by atoms with Crippen molar-refractivity contribution < 1.29 is 0 Å². The molecule has 0 bridgehead atoms. The zero-order valence-electron chi connectivity index (χ0n) is 8.87. The summed E-state index contributed by atoms with van der Waals surface area (Å²) in [5.74, 6) is 0. The minimum atomic E-state index is 0.387. The molecule has 0 radical (unpaired) electrons. The predicted octanol–water partition coefficient (Wildman–Crippen LogP) is 1.11. The standard InChI is InChI=1S/C11H19N3/c1-9-5-7-14(11-2-3-11)8-10(13-9)4-6-12/h9-11,13H,2-5,7-8H2,1H3. The van der Waals surface area contributed by atoms with Gasteiger partial charge in [-0.15, -0.1) is 0 Å². The molecule has 2 unspecified atom stereocenters. The zero-order valence-corrected chi connectivity index (χ0v) is 8.87. The molecule has 0 spiro atoms. The summed E-state index contributed by atoms with van der Waals surface area (Å²) in [7, 11) is 0. The molecule has 2 atom stereocenters. The Bertz CT molecular complexity index is 229. The molecule has 0 amide bonds. The highest BCUT2D eigenvalue weighted by atomic mass is 15.2. The van der Waals surface area contributed by atoms with Crippen LogP contribution in [0.4, 0.5) is 0 Å². The Labute approximate surface area is 86.1 Å². The Morgan fingerprint density at radius 3 is 2.86 bits per heavy atom. The third kappa shape index (κ3) is 2.46. The van der Waals surface area contributed by atoms with Gasteiger partial charge in [-0.2, -0.15) is 5.26 Å². The molecule has 1 heterocycles. The zero-order chi connectivity index (χ0) is 9.97. The van der Waals surface area contributed by atoms with Gasteiger partial charge in [0.15, 0.2) is 0 Å². The van der Waals surface area contributed by atoms with Crippen LogP contribution >= 0.6 is 0 Å². The fraction of sp³-hybridized carbons (Fsp3) is 0.909. The van der Waals surface area contributed by atoms with E-state index in [1.165, 1.54) is 25.8 Å². The van der Waals surface area contributed by atoms with Crippen LogP contribution in [0.3, 0.4) is 0 Å². The van der Waals surface area contributed by atoms with E-state index >= 15 is 0 Å². The van der Waals surface area contributed by atoms with Crippen LogP contribution in [0.15, 0.2) is 0 Å². The fourth-order valence-electron chi connectivity index (χ4n) is 2.28. The van der Waals surface area contributed by atoms with Gasteiger partial charge in [0.05, 0.1) is 12.5 Å². The molecular weight excluding hydrogens is 174 g/mol. The molecule has 1 N–H and O–H groups in total. The van der Waals surface area contributed by atoms with Crippen molar-refractivity contribution in [3.8, 4) is 6.07 Å². The molecule has 2 rings (SSSR count). The van der Waals surface area contributed by atoms with Crippen molar-refractivity contribution in [2.45, 2.75) is 50.7 Å². The minimum absolute atomic E-state index is 0.387. The third-order valence-corrected chi connectivity index (χ3v) is 3.23. The molecule has 3 heteroatoms. The highest BCUT2D eigenvalue weighted by Crippen LogP contribution is 2.28. The first-order valence-electron chi connectivity index (χ1n) is 5.66. The summed E-state index contributed by atoms with van der Waals surface area (Å²) in [4.78, 5) is 2.57. The van der Waals surface area contributed by atoms with Crippen LogP contribution in [-0.2, 0) is 0 Å². The topological polar surface area (TPSA) is 39.1 Å². The number of hydrogen-bond donors (Lipinski definition) is 1. The van der Waals surface area contributed by atoms with E-state index < -0.39 is 0 Å². The van der Waals surface area contributed by atoms with Gasteiger partial charge >= 0.3 is 0 Å². The van der Waals surface area contributed by atoms with Crippen molar-refractivity contribution in [3.63, 3.8) is 0 Å². The first kappa shape index (κ1) is 9.95. The van der Waals surface area contributed by atoms with Crippen LogP contribution in [0.1, 0.15) is 32.6 Å². The van der Waals surface area contributed by atoms with E-state index in [1.807, 2.05) is 0 Å². The number of rotatable bonds is 2. The molecule has 0 aromatic heterocycles. The van der Waals surface area contributed by atoms with Crippen LogP contribution in [0.25, 0.3) is 0 Å². The van der Waals surface area contributed by atoms with Crippen LogP contribution in [0.2, 0.25) is 0 Å². The highest BCUT2D eigenvalue weighted by molar-refractivity contribution is 4.93. The molecule has 78 valence electrons. The lowest BCUT2D eigenvalue weighted by atomic mass is 10.2. The maximum Gasteiger partial charge on any atom is 0.0638 e. The molecule has 1 saturated carbocycles. The summed E-state index contributed by atoms with van der Waals surface area (Å²) >= 11 is 0. The highest BCUT2D eigenvalue weighted by Gasteiger charge is 2.32. The molecule has 14 heavy (non-hydrogen) atoms. The van der Waals surface area contributed by atoms with Crippen molar-refractivity contribution in [2.75, 3.05) is 13.1 Å². The van der Waals surface area contributed by atoms with Gasteiger partial charge in [0.25, 0.3) is 0 Å². The molecule has 1 aliphatic heterocycles. The summed E-state index contributed by atoms with van der Waals surface area (Å²) in [6, 6.07) is 4.07. The monoisotopic (exact) mass is 193 g/mol. The largest absolute Gasteiger partial charge is 0.309 e. The second-order valence-electron chi connectivity index (χ2n) is 4.64. The van der Waals surface area contributed by atoms with Gasteiger partial charge in [0.2, 0.25) is 0 Å². The van der Waals surface area contributed by atoms with Crippen molar-refractivity contribution in [1.29, 1.82) is 5.26 Å². The summed E-state index contributed by atoms with van der Waals surface area (Å²) in [5.41, 5.74) is 0. The van der Waals surface area contributed by atoms with E-state index in [0.29, 0.717) is 18.5 Å². The van der Waals surface area contributed by atoms with Crippen molar-refractivity contribution in [1.82, 2.24) is 10.2 Å². The second kappa shape index (κ2) is 4.29. The maximum absolute atomic E-state index is 8.73. The number of nitrogens with zero attached hydrogens (tertiary/aromatic N) is 2. The molecule has 3 nitrogen and oxygen atoms in total. The number of nitrogens with one attached hydrogen (secondary N) is 1. The Morgan fingerprint density at radius 2 is 2.21 bits per heavy atom. The Morgan fingerprint density at radius 1 is 1.43 bits per heavy atom. The van der Waals surface area contributed by atoms with E-state index in [-0.39, 0.29) is 0 Å². The summed E-state index contributed by atoms with van der Waals surface area (Å²) in [5, 5.41) is 12.3. The van der Waals surface area contributed by atoms with Crippen LogP contribution in [0.5, 0.6) is 0 Å². The van der Waals surface area contributed by atoms with Crippen LogP contribution in [-0.4, -0.2) is 36.1 Å². The van der Waals surface area contributed by atoms with Gasteiger partial charge in [0, 0.05) is 24.7 Å². The Balaban J connectivity index is 1.92. The van der Waals surface area contributed by atoms with Crippen molar-refractivity contribution in [2.24, 2.45) is 0 Å². The summed E-state index contributed by atoms with van der Waals surface area (Å²) in [6.45, 7) is 4.50. The van der Waals surface area contributed by atoms with E-state index in [4.69, 9.17) is 5.26 Å². The maximum atomic E-state index is 8.73. The lowest BCUT2D eigenvalue weighted by Gasteiger charge is -2.22. The first-order chi connectivity index (χ1) is 6.79. The van der Waals surface area contributed by atoms with Crippen molar-refractivity contribution in [3.05, 3.63) is 0 Å². The lowest BCUT2D eigenvalue weighted by molar-refractivity contribution is 0.258. The van der Waals surface area contributed by atoms with E-state index in [9.17, 15) is 0 Å². The van der Waals surface area contributed by atoms with Gasteiger partial charge in [-0.1, -0.05) is 0 Å². The first-order valence-corrected chi connectivity index (χ1v) is 5.66. The molecule has 2 fully saturated rings. The fourth-order valence-corrected chi connectivity index (χ4v) is 2.28. The predicted molar refractivity (Wildman–Crippen MR) is 55.8 cm³/mol. The third-order valence-electron chi connectivity index (χ3n) is 3.23. The normalized spacial score (nSPS) is 34.9. The molecule has 0 aromatic carbocycles. The van der Waals surface area contributed by atoms with E-state index in [2.05, 4.69) is 23.2 Å². The van der Waals surface area contributed by atoms with Gasteiger partial charge in [-0.05, 0) is 32.7 Å². The molecule has 2 aliphatic rings. The van der Waals surface area contributed by atoms with Gasteiger partial charge < -0.3 is 5.32 Å². The SMILES string of the molecule is CC1CCN(C2CC2)CC(CC#N)N1. The summed E-state index contributed by atoms with van der Waals surface area (Å²) in [6.07, 6.45) is 4.60. The van der Waals surface area contributed by atoms with Crippen LogP contribution < -0.4 is 5.32 Å². The smallest absolute Gasteiger partial charge is 0.0638 e. The molecular formula is C11H19N3. The summed E-state index contributed by atoms with van der Waals surface area (Å²) < 4.78 is 0. The molecule has 0 aromatic rings. The second-order valence-corrected chi connectivity index (χ2v) is 4.64. The minimum Gasteiger partial charge on any atom is -0.309 e. The molecule has 1 saturated heterocycles. The lowest BCUT2D eigenvalue weighted by Crippen LogP contribution is -2.40. The van der Waals surface area contributed by atoms with Gasteiger partial charge in [-0.3, -0.25) is 4.90 Å². The van der Waals surface area contributed by atoms with E-state index in [0.717, 1.165) is 12.6 Å². The van der Waals surface area contributed by atoms with Crippen LogP contribution in [0, 0.1) is 11.3 Å². The number of nitriles is 1.